The van der Waals surface area contributed by atoms with Crippen LogP contribution in [0.1, 0.15) is 47.0 Å². The Bertz CT molecular complexity index is 184. The van der Waals surface area contributed by atoms with Gasteiger partial charge in [-0.25, -0.2) is 0 Å². The molecule has 2 rings (SSSR count). The third-order valence-electron chi connectivity index (χ3n) is 4.90. The quantitative estimate of drug-likeness (QED) is 0.603. The molecule has 0 bridgehead atoms. The van der Waals surface area contributed by atoms with Crippen molar-refractivity contribution in [3.8, 4) is 0 Å². The summed E-state index contributed by atoms with van der Waals surface area (Å²) in [5, 5.41) is 0. The zero-order valence-electron chi connectivity index (χ0n) is 9.59. The minimum atomic E-state index is 1.02. The second-order valence-electron chi connectivity index (χ2n) is 5.66. The fraction of sp³-hybridized carbons (Fsp3) is 1.00. The van der Waals surface area contributed by atoms with Crippen LogP contribution in [0.2, 0.25) is 0 Å². The molecule has 6 atom stereocenters. The van der Waals surface area contributed by atoms with Gasteiger partial charge < -0.3 is 0 Å². The lowest BCUT2D eigenvalue weighted by atomic mass is 9.54. The molecular weight excluding hydrogens is 156 g/mol. The van der Waals surface area contributed by atoms with Crippen molar-refractivity contribution < 1.29 is 0 Å². The lowest BCUT2D eigenvalue weighted by Crippen LogP contribution is -2.45. The lowest BCUT2D eigenvalue weighted by molar-refractivity contribution is -0.0278. The van der Waals surface area contributed by atoms with E-state index in [0.717, 1.165) is 35.5 Å². The summed E-state index contributed by atoms with van der Waals surface area (Å²) in [5.74, 6) is 6.34. The van der Waals surface area contributed by atoms with Crippen LogP contribution in [0.4, 0.5) is 0 Å². The number of hydrogen-bond donors (Lipinski definition) is 0. The van der Waals surface area contributed by atoms with Gasteiger partial charge in [0, 0.05) is 0 Å². The van der Waals surface area contributed by atoms with E-state index in [1.807, 2.05) is 0 Å². The summed E-state index contributed by atoms with van der Waals surface area (Å²) in [5.41, 5.74) is 0. The van der Waals surface area contributed by atoms with Crippen LogP contribution in [0.3, 0.4) is 0 Å². The van der Waals surface area contributed by atoms with Gasteiger partial charge in [-0.05, 0) is 41.9 Å². The van der Waals surface area contributed by atoms with Crippen LogP contribution < -0.4 is 0 Å². The number of fused-ring (bicyclic) bond motifs is 1. The molecule has 0 aliphatic heterocycles. The van der Waals surface area contributed by atoms with Crippen LogP contribution in [0.5, 0.6) is 0 Å². The Morgan fingerprint density at radius 1 is 1.00 bits per heavy atom. The van der Waals surface area contributed by atoms with Crippen molar-refractivity contribution in [2.45, 2.75) is 47.0 Å². The van der Waals surface area contributed by atoms with Gasteiger partial charge in [0.15, 0.2) is 0 Å². The summed E-state index contributed by atoms with van der Waals surface area (Å²) in [7, 11) is 0. The van der Waals surface area contributed by atoms with Crippen LogP contribution in [-0.4, -0.2) is 0 Å². The molecule has 0 radical (unpaired) electrons. The van der Waals surface area contributed by atoms with E-state index in [1.54, 1.807) is 0 Å². The van der Waals surface area contributed by atoms with Gasteiger partial charge in [0.2, 0.25) is 0 Å². The third-order valence-corrected chi connectivity index (χ3v) is 4.90. The van der Waals surface area contributed by atoms with Gasteiger partial charge >= 0.3 is 0 Å². The van der Waals surface area contributed by atoms with E-state index in [2.05, 4.69) is 27.7 Å². The van der Waals surface area contributed by atoms with Gasteiger partial charge in [0.1, 0.15) is 0 Å². The largest absolute Gasteiger partial charge is 0.0654 e. The second kappa shape index (κ2) is 3.29. The van der Waals surface area contributed by atoms with Crippen molar-refractivity contribution in [1.29, 1.82) is 0 Å². The number of rotatable bonds is 2. The van der Waals surface area contributed by atoms with E-state index in [1.165, 1.54) is 19.3 Å². The van der Waals surface area contributed by atoms with Crippen molar-refractivity contribution in [3.05, 3.63) is 0 Å². The molecule has 0 aromatic rings. The predicted octanol–water partition coefficient (Wildman–Crippen LogP) is 3.96. The fourth-order valence-corrected chi connectivity index (χ4v) is 4.51. The number of hydrogen-bond acceptors (Lipinski definition) is 0. The first kappa shape index (κ1) is 9.55. The standard InChI is InChI=1S/C13H24/c1-5-6-11-10(4)12-8(2)7-9(3)13(11)12/h8-13H,5-7H2,1-4H3. The van der Waals surface area contributed by atoms with Crippen molar-refractivity contribution >= 4 is 0 Å². The first-order valence-corrected chi connectivity index (χ1v) is 6.16. The molecule has 0 heteroatoms. The first-order chi connectivity index (χ1) is 6.16. The molecular formula is C13H24. The summed E-state index contributed by atoms with van der Waals surface area (Å²) in [6.45, 7) is 9.79. The van der Waals surface area contributed by atoms with Crippen LogP contribution in [0, 0.1) is 35.5 Å². The van der Waals surface area contributed by atoms with E-state index in [-0.39, 0.29) is 0 Å². The van der Waals surface area contributed by atoms with E-state index in [4.69, 9.17) is 0 Å². The van der Waals surface area contributed by atoms with E-state index < -0.39 is 0 Å². The first-order valence-electron chi connectivity index (χ1n) is 6.16. The van der Waals surface area contributed by atoms with Crippen LogP contribution in [0.15, 0.2) is 0 Å². The summed E-state index contributed by atoms with van der Waals surface area (Å²) in [6, 6.07) is 0. The molecule has 13 heavy (non-hydrogen) atoms. The molecule has 0 spiro atoms. The predicted molar refractivity (Wildman–Crippen MR) is 57.5 cm³/mol. The fourth-order valence-electron chi connectivity index (χ4n) is 4.51. The molecule has 6 unspecified atom stereocenters. The van der Waals surface area contributed by atoms with E-state index in [0.29, 0.717) is 0 Å². The summed E-state index contributed by atoms with van der Waals surface area (Å²) < 4.78 is 0. The molecule has 0 saturated heterocycles. The third kappa shape index (κ3) is 1.25. The minimum Gasteiger partial charge on any atom is -0.0654 e. The van der Waals surface area contributed by atoms with Gasteiger partial charge in [-0.2, -0.15) is 0 Å². The maximum Gasteiger partial charge on any atom is -0.0324 e. The van der Waals surface area contributed by atoms with E-state index >= 15 is 0 Å². The maximum absolute atomic E-state index is 2.50. The Labute approximate surface area is 83.1 Å². The average Bonchev–Trinajstić information content (AvgIpc) is 2.33. The van der Waals surface area contributed by atoms with Crippen molar-refractivity contribution in [3.63, 3.8) is 0 Å². The van der Waals surface area contributed by atoms with Gasteiger partial charge in [-0.3, -0.25) is 0 Å². The van der Waals surface area contributed by atoms with Crippen molar-refractivity contribution in [1.82, 2.24) is 0 Å². The summed E-state index contributed by atoms with van der Waals surface area (Å²) >= 11 is 0. The Morgan fingerprint density at radius 3 is 2.23 bits per heavy atom. The molecule has 2 aliphatic carbocycles. The van der Waals surface area contributed by atoms with Gasteiger partial charge in [-0.15, -0.1) is 0 Å². The Morgan fingerprint density at radius 2 is 1.62 bits per heavy atom. The molecule has 76 valence electrons. The smallest absolute Gasteiger partial charge is 0.0324 e. The highest BCUT2D eigenvalue weighted by Crippen LogP contribution is 2.61. The van der Waals surface area contributed by atoms with Gasteiger partial charge in [0.05, 0.1) is 0 Å². The van der Waals surface area contributed by atoms with Crippen LogP contribution >= 0.6 is 0 Å². The average molecular weight is 180 g/mol. The summed E-state index contributed by atoms with van der Waals surface area (Å²) in [4.78, 5) is 0. The van der Waals surface area contributed by atoms with Crippen molar-refractivity contribution in [2.24, 2.45) is 35.5 Å². The molecule has 2 fully saturated rings. The molecule has 0 N–H and O–H groups in total. The normalized spacial score (nSPS) is 54.5. The second-order valence-corrected chi connectivity index (χ2v) is 5.66. The molecule has 0 amide bonds. The van der Waals surface area contributed by atoms with Crippen LogP contribution in [0.25, 0.3) is 0 Å². The zero-order chi connectivity index (χ0) is 9.59. The van der Waals surface area contributed by atoms with Gasteiger partial charge in [-0.1, -0.05) is 40.5 Å². The van der Waals surface area contributed by atoms with Gasteiger partial charge in [0.25, 0.3) is 0 Å². The van der Waals surface area contributed by atoms with E-state index in [9.17, 15) is 0 Å². The molecule has 0 heterocycles. The lowest BCUT2D eigenvalue weighted by Gasteiger charge is -2.51. The maximum atomic E-state index is 2.50. The molecule has 2 saturated carbocycles. The Hall–Kier alpha value is 0. The molecule has 0 nitrogen and oxygen atoms in total. The minimum absolute atomic E-state index is 1.02. The Balaban J connectivity index is 2.04. The molecule has 0 aromatic carbocycles. The molecule has 2 aliphatic rings. The van der Waals surface area contributed by atoms with Crippen molar-refractivity contribution in [2.75, 3.05) is 0 Å². The molecule has 0 aromatic heterocycles. The highest BCUT2D eigenvalue weighted by atomic mass is 14.6. The highest BCUT2D eigenvalue weighted by molar-refractivity contribution is 5.03. The van der Waals surface area contributed by atoms with Crippen LogP contribution in [-0.2, 0) is 0 Å². The zero-order valence-corrected chi connectivity index (χ0v) is 9.59. The topological polar surface area (TPSA) is 0 Å². The highest BCUT2D eigenvalue weighted by Gasteiger charge is 2.55. The Kier molecular flexibility index (Phi) is 2.42. The monoisotopic (exact) mass is 180 g/mol. The SMILES string of the molecule is CCCC1C(C)C2C(C)CC(C)C12. The summed E-state index contributed by atoms with van der Waals surface area (Å²) in [6.07, 6.45) is 4.37.